The zero-order chi connectivity index (χ0) is 10.6. The maximum absolute atomic E-state index is 6.10. The molecule has 80 valence electrons. The molecule has 14 heavy (non-hydrogen) atoms. The zero-order valence-corrected chi connectivity index (χ0v) is 10.1. The lowest BCUT2D eigenvalue weighted by molar-refractivity contribution is 0.411. The first-order chi connectivity index (χ1) is 6.67. The van der Waals surface area contributed by atoms with Crippen LogP contribution in [-0.2, 0) is 0 Å². The van der Waals surface area contributed by atoms with Crippen LogP contribution in [0.4, 0.5) is 0 Å². The molecule has 0 saturated carbocycles. The Balaban J connectivity index is 2.53. The van der Waals surface area contributed by atoms with E-state index < -0.39 is 0 Å². The summed E-state index contributed by atoms with van der Waals surface area (Å²) in [6.07, 6.45) is 3.50. The summed E-state index contributed by atoms with van der Waals surface area (Å²) in [5.41, 5.74) is 7.17. The van der Waals surface area contributed by atoms with Crippen LogP contribution in [0.1, 0.15) is 49.9 Å². The summed E-state index contributed by atoms with van der Waals surface area (Å²) in [6.45, 7) is 6.48. The van der Waals surface area contributed by atoms with Gasteiger partial charge < -0.3 is 5.73 Å². The van der Waals surface area contributed by atoms with Gasteiger partial charge in [-0.1, -0.05) is 26.7 Å². The van der Waals surface area contributed by atoms with Gasteiger partial charge >= 0.3 is 0 Å². The van der Waals surface area contributed by atoms with Crippen LogP contribution in [0, 0.1) is 12.8 Å². The number of nitrogens with two attached hydrogens (primary N) is 1. The molecule has 2 N–H and O–H groups in total. The van der Waals surface area contributed by atoms with E-state index in [1.54, 1.807) is 11.3 Å². The second-order valence-electron chi connectivity index (χ2n) is 3.82. The van der Waals surface area contributed by atoms with Crippen molar-refractivity contribution in [3.05, 3.63) is 16.1 Å². The summed E-state index contributed by atoms with van der Waals surface area (Å²) in [4.78, 5) is 4.43. The third-order valence-corrected chi connectivity index (χ3v) is 3.55. The highest BCUT2D eigenvalue weighted by Gasteiger charge is 2.14. The summed E-state index contributed by atoms with van der Waals surface area (Å²) in [5, 5.41) is 3.20. The fraction of sp³-hybridized carbons (Fsp3) is 0.727. The Morgan fingerprint density at radius 3 is 2.50 bits per heavy atom. The Labute approximate surface area is 90.6 Å². The molecular formula is C11H20N2S. The van der Waals surface area contributed by atoms with Gasteiger partial charge in [0, 0.05) is 11.4 Å². The molecule has 1 unspecified atom stereocenters. The van der Waals surface area contributed by atoms with E-state index in [1.165, 1.54) is 12.8 Å². The molecule has 1 heterocycles. The quantitative estimate of drug-likeness (QED) is 0.813. The SMILES string of the molecule is CCC(CC)CC(N)c1csc(C)n1. The van der Waals surface area contributed by atoms with Gasteiger partial charge in [0.15, 0.2) is 0 Å². The highest BCUT2D eigenvalue weighted by Crippen LogP contribution is 2.24. The van der Waals surface area contributed by atoms with E-state index in [0.717, 1.165) is 23.0 Å². The summed E-state index contributed by atoms with van der Waals surface area (Å²) < 4.78 is 0. The van der Waals surface area contributed by atoms with Gasteiger partial charge in [-0.15, -0.1) is 11.3 Å². The zero-order valence-electron chi connectivity index (χ0n) is 9.29. The minimum Gasteiger partial charge on any atom is -0.323 e. The number of nitrogens with zero attached hydrogens (tertiary/aromatic N) is 1. The van der Waals surface area contributed by atoms with Crippen molar-refractivity contribution in [2.75, 3.05) is 0 Å². The number of thiazole rings is 1. The molecule has 0 aliphatic heterocycles. The first kappa shape index (κ1) is 11.7. The molecule has 0 aromatic carbocycles. The molecular weight excluding hydrogens is 192 g/mol. The number of hydrogen-bond acceptors (Lipinski definition) is 3. The van der Waals surface area contributed by atoms with E-state index in [-0.39, 0.29) is 6.04 Å². The topological polar surface area (TPSA) is 38.9 Å². The summed E-state index contributed by atoms with van der Waals surface area (Å²) >= 11 is 1.68. The molecule has 0 radical (unpaired) electrons. The average Bonchev–Trinajstić information content (AvgIpc) is 2.61. The standard InChI is InChI=1S/C11H20N2S/c1-4-9(5-2)6-10(12)11-7-14-8(3)13-11/h7,9-10H,4-6,12H2,1-3H3. The molecule has 2 nitrogen and oxygen atoms in total. The van der Waals surface area contributed by atoms with Crippen molar-refractivity contribution < 1.29 is 0 Å². The Morgan fingerprint density at radius 1 is 1.43 bits per heavy atom. The van der Waals surface area contributed by atoms with Crippen LogP contribution in [0.25, 0.3) is 0 Å². The largest absolute Gasteiger partial charge is 0.323 e. The van der Waals surface area contributed by atoms with Crippen LogP contribution < -0.4 is 5.73 Å². The molecule has 0 fully saturated rings. The Hall–Kier alpha value is -0.410. The van der Waals surface area contributed by atoms with Crippen molar-refractivity contribution in [3.63, 3.8) is 0 Å². The Kier molecular flexibility index (Phi) is 4.55. The van der Waals surface area contributed by atoms with Gasteiger partial charge in [-0.3, -0.25) is 0 Å². The van der Waals surface area contributed by atoms with E-state index in [0.29, 0.717) is 0 Å². The fourth-order valence-electron chi connectivity index (χ4n) is 1.65. The molecule has 1 atom stereocenters. The first-order valence-corrected chi connectivity index (χ1v) is 6.22. The molecule has 1 rings (SSSR count). The first-order valence-electron chi connectivity index (χ1n) is 5.34. The lowest BCUT2D eigenvalue weighted by Gasteiger charge is -2.16. The van der Waals surface area contributed by atoms with Crippen molar-refractivity contribution in [1.29, 1.82) is 0 Å². The molecule has 1 aromatic heterocycles. The fourth-order valence-corrected chi connectivity index (χ4v) is 2.33. The van der Waals surface area contributed by atoms with Crippen LogP contribution in [-0.4, -0.2) is 4.98 Å². The van der Waals surface area contributed by atoms with Crippen molar-refractivity contribution >= 4 is 11.3 Å². The normalized spacial score (nSPS) is 13.5. The molecule has 0 spiro atoms. The Bertz CT molecular complexity index is 266. The van der Waals surface area contributed by atoms with Crippen molar-refractivity contribution in [2.45, 2.75) is 46.1 Å². The molecule has 0 aliphatic rings. The van der Waals surface area contributed by atoms with Gasteiger partial charge in [0.1, 0.15) is 0 Å². The van der Waals surface area contributed by atoms with Crippen molar-refractivity contribution in [3.8, 4) is 0 Å². The molecule has 0 aliphatic carbocycles. The maximum Gasteiger partial charge on any atom is 0.0898 e. The number of rotatable bonds is 5. The van der Waals surface area contributed by atoms with E-state index >= 15 is 0 Å². The number of hydrogen-bond donors (Lipinski definition) is 1. The number of aryl methyl sites for hydroxylation is 1. The van der Waals surface area contributed by atoms with Gasteiger partial charge in [-0.2, -0.15) is 0 Å². The van der Waals surface area contributed by atoms with Crippen molar-refractivity contribution in [2.24, 2.45) is 11.7 Å². The lowest BCUT2D eigenvalue weighted by atomic mass is 9.94. The van der Waals surface area contributed by atoms with Gasteiger partial charge in [-0.25, -0.2) is 4.98 Å². The maximum atomic E-state index is 6.10. The van der Waals surface area contributed by atoms with Crippen LogP contribution in [0.2, 0.25) is 0 Å². The van der Waals surface area contributed by atoms with Gasteiger partial charge in [0.25, 0.3) is 0 Å². The third kappa shape index (κ3) is 3.07. The van der Waals surface area contributed by atoms with E-state index in [2.05, 4.69) is 24.2 Å². The highest BCUT2D eigenvalue weighted by molar-refractivity contribution is 7.09. The van der Waals surface area contributed by atoms with E-state index in [1.807, 2.05) is 6.92 Å². The molecule has 1 aromatic rings. The van der Waals surface area contributed by atoms with Crippen molar-refractivity contribution in [1.82, 2.24) is 4.98 Å². The second kappa shape index (κ2) is 5.47. The molecule has 0 amide bonds. The van der Waals surface area contributed by atoms with E-state index in [4.69, 9.17) is 5.73 Å². The summed E-state index contributed by atoms with van der Waals surface area (Å²) in [7, 11) is 0. The second-order valence-corrected chi connectivity index (χ2v) is 4.88. The summed E-state index contributed by atoms with van der Waals surface area (Å²) in [6, 6.07) is 0.129. The molecule has 0 bridgehead atoms. The molecule has 3 heteroatoms. The van der Waals surface area contributed by atoms with Crippen LogP contribution in [0.5, 0.6) is 0 Å². The van der Waals surface area contributed by atoms with Gasteiger partial charge in [0.2, 0.25) is 0 Å². The minimum atomic E-state index is 0.129. The van der Waals surface area contributed by atoms with E-state index in [9.17, 15) is 0 Å². The Morgan fingerprint density at radius 2 is 2.07 bits per heavy atom. The third-order valence-electron chi connectivity index (χ3n) is 2.76. The van der Waals surface area contributed by atoms with Crippen LogP contribution >= 0.6 is 11.3 Å². The monoisotopic (exact) mass is 212 g/mol. The predicted molar refractivity (Wildman–Crippen MR) is 62.5 cm³/mol. The lowest BCUT2D eigenvalue weighted by Crippen LogP contribution is -2.15. The number of aromatic nitrogens is 1. The van der Waals surface area contributed by atoms with Gasteiger partial charge in [0.05, 0.1) is 10.7 Å². The van der Waals surface area contributed by atoms with Gasteiger partial charge in [-0.05, 0) is 19.3 Å². The minimum absolute atomic E-state index is 0.129. The van der Waals surface area contributed by atoms with Crippen LogP contribution in [0.15, 0.2) is 5.38 Å². The highest BCUT2D eigenvalue weighted by atomic mass is 32.1. The summed E-state index contributed by atoms with van der Waals surface area (Å²) in [5.74, 6) is 0.743. The predicted octanol–water partition coefficient (Wildman–Crippen LogP) is 3.28. The van der Waals surface area contributed by atoms with Crippen LogP contribution in [0.3, 0.4) is 0 Å². The average molecular weight is 212 g/mol. The molecule has 0 saturated heterocycles. The smallest absolute Gasteiger partial charge is 0.0898 e.